The zero-order valence-electron chi connectivity index (χ0n) is 12.1. The number of nitrogens with zero attached hydrogens (tertiary/aromatic N) is 2. The van der Waals surface area contributed by atoms with Crippen molar-refractivity contribution in [3.63, 3.8) is 0 Å². The molecule has 5 heteroatoms. The van der Waals surface area contributed by atoms with Crippen LogP contribution in [-0.4, -0.2) is 20.9 Å². The summed E-state index contributed by atoms with van der Waals surface area (Å²) in [6, 6.07) is 11.7. The Balaban J connectivity index is 2.15. The minimum absolute atomic E-state index is 0.128. The maximum atomic E-state index is 10.6. The molecule has 0 fully saturated rings. The molecule has 0 saturated heterocycles. The van der Waals surface area contributed by atoms with Crippen molar-refractivity contribution < 1.29 is 14.6 Å². The van der Waals surface area contributed by atoms with E-state index in [2.05, 4.69) is 5.10 Å². The molecular weight excluding hydrogens is 268 g/mol. The van der Waals surface area contributed by atoms with E-state index < -0.39 is 5.97 Å². The maximum Gasteiger partial charge on any atom is 0.328 e. The quantitative estimate of drug-likeness (QED) is 0.829. The van der Waals surface area contributed by atoms with Crippen molar-refractivity contribution >= 4 is 12.0 Å². The van der Waals surface area contributed by atoms with Gasteiger partial charge in [0.2, 0.25) is 5.88 Å². The predicted molar refractivity (Wildman–Crippen MR) is 80.1 cm³/mol. The summed E-state index contributed by atoms with van der Waals surface area (Å²) in [6.45, 7) is 4.43. The molecule has 2 aromatic rings. The van der Waals surface area contributed by atoms with Gasteiger partial charge in [0, 0.05) is 12.1 Å². The Morgan fingerprint density at radius 1 is 1.38 bits per heavy atom. The summed E-state index contributed by atoms with van der Waals surface area (Å²) in [4.78, 5) is 10.6. The summed E-state index contributed by atoms with van der Waals surface area (Å²) in [5, 5.41) is 13.0. The zero-order chi connectivity index (χ0) is 15.2. The molecule has 0 unspecified atom stereocenters. The van der Waals surface area contributed by atoms with Crippen LogP contribution < -0.4 is 4.74 Å². The standard InChI is InChI=1S/C16H18N2O3/c1-12(2)18-15(10-14(17-18)8-9-16(19)20)21-11-13-6-4-3-5-7-13/h3-10,12H,11H2,1-2H3,(H,19,20). The van der Waals surface area contributed by atoms with Crippen LogP contribution in [0.3, 0.4) is 0 Å². The Morgan fingerprint density at radius 3 is 2.71 bits per heavy atom. The van der Waals surface area contributed by atoms with E-state index in [1.807, 2.05) is 44.2 Å². The summed E-state index contributed by atoms with van der Waals surface area (Å²) in [6.07, 6.45) is 2.52. The Kier molecular flexibility index (Phi) is 4.77. The van der Waals surface area contributed by atoms with Gasteiger partial charge < -0.3 is 9.84 Å². The fourth-order valence-corrected chi connectivity index (χ4v) is 1.84. The maximum absolute atomic E-state index is 10.6. The molecule has 0 saturated carbocycles. The minimum atomic E-state index is -0.999. The van der Waals surface area contributed by atoms with Crippen LogP contribution in [0.4, 0.5) is 0 Å². The number of aromatic nitrogens is 2. The van der Waals surface area contributed by atoms with E-state index in [0.29, 0.717) is 18.2 Å². The van der Waals surface area contributed by atoms with Gasteiger partial charge in [-0.3, -0.25) is 0 Å². The number of aliphatic carboxylic acids is 1. The van der Waals surface area contributed by atoms with Crippen molar-refractivity contribution in [2.45, 2.75) is 26.5 Å². The Morgan fingerprint density at radius 2 is 2.10 bits per heavy atom. The molecule has 0 atom stereocenters. The van der Waals surface area contributed by atoms with E-state index in [0.717, 1.165) is 11.6 Å². The molecule has 1 aromatic heterocycles. The van der Waals surface area contributed by atoms with Crippen LogP contribution in [-0.2, 0) is 11.4 Å². The Bertz CT molecular complexity index is 630. The molecule has 0 radical (unpaired) electrons. The number of carboxylic acids is 1. The van der Waals surface area contributed by atoms with Crippen molar-refractivity contribution in [3.05, 3.63) is 53.7 Å². The fourth-order valence-electron chi connectivity index (χ4n) is 1.84. The van der Waals surface area contributed by atoms with Gasteiger partial charge in [0.1, 0.15) is 6.61 Å². The van der Waals surface area contributed by atoms with Gasteiger partial charge in [0.05, 0.1) is 11.7 Å². The summed E-state index contributed by atoms with van der Waals surface area (Å²) >= 11 is 0. The van der Waals surface area contributed by atoms with Crippen LogP contribution in [0.2, 0.25) is 0 Å². The Labute approximate surface area is 123 Å². The largest absolute Gasteiger partial charge is 0.478 e. The second-order valence-corrected chi connectivity index (χ2v) is 4.89. The highest BCUT2D eigenvalue weighted by Crippen LogP contribution is 2.20. The minimum Gasteiger partial charge on any atom is -0.478 e. The molecule has 0 aliphatic rings. The first-order valence-corrected chi connectivity index (χ1v) is 6.73. The molecule has 0 spiro atoms. The highest BCUT2D eigenvalue weighted by molar-refractivity contribution is 5.84. The lowest BCUT2D eigenvalue weighted by molar-refractivity contribution is -0.131. The number of hydrogen-bond donors (Lipinski definition) is 1. The summed E-state index contributed by atoms with van der Waals surface area (Å²) < 4.78 is 7.53. The van der Waals surface area contributed by atoms with Gasteiger partial charge in [-0.2, -0.15) is 5.10 Å². The fraction of sp³-hybridized carbons (Fsp3) is 0.250. The van der Waals surface area contributed by atoms with Gasteiger partial charge in [-0.25, -0.2) is 9.48 Å². The van der Waals surface area contributed by atoms with Crippen molar-refractivity contribution in [2.75, 3.05) is 0 Å². The predicted octanol–water partition coefficient (Wildman–Crippen LogP) is 3.14. The highest BCUT2D eigenvalue weighted by Gasteiger charge is 2.10. The first kappa shape index (κ1) is 14.8. The molecule has 110 valence electrons. The number of hydrogen-bond acceptors (Lipinski definition) is 3. The van der Waals surface area contributed by atoms with E-state index in [-0.39, 0.29) is 6.04 Å². The van der Waals surface area contributed by atoms with Gasteiger partial charge in [0.15, 0.2) is 0 Å². The third-order valence-electron chi connectivity index (χ3n) is 2.84. The van der Waals surface area contributed by atoms with Gasteiger partial charge in [-0.05, 0) is 25.5 Å². The van der Waals surface area contributed by atoms with E-state index in [1.54, 1.807) is 10.7 Å². The van der Waals surface area contributed by atoms with Gasteiger partial charge >= 0.3 is 5.97 Å². The van der Waals surface area contributed by atoms with Crippen LogP contribution in [0.25, 0.3) is 6.08 Å². The van der Waals surface area contributed by atoms with Crippen molar-refractivity contribution in [3.8, 4) is 5.88 Å². The third kappa shape index (κ3) is 4.21. The molecule has 21 heavy (non-hydrogen) atoms. The lowest BCUT2D eigenvalue weighted by Gasteiger charge is -2.11. The van der Waals surface area contributed by atoms with Gasteiger partial charge in [-0.1, -0.05) is 30.3 Å². The molecule has 0 aliphatic heterocycles. The first-order valence-electron chi connectivity index (χ1n) is 6.73. The zero-order valence-corrected chi connectivity index (χ0v) is 12.1. The molecule has 0 aliphatic carbocycles. The van der Waals surface area contributed by atoms with E-state index in [4.69, 9.17) is 9.84 Å². The number of carbonyl (C=O) groups is 1. The SMILES string of the molecule is CC(C)n1nc(C=CC(=O)O)cc1OCc1ccccc1. The topological polar surface area (TPSA) is 64.4 Å². The van der Waals surface area contributed by atoms with Crippen molar-refractivity contribution in [1.82, 2.24) is 9.78 Å². The van der Waals surface area contributed by atoms with E-state index in [1.165, 1.54) is 6.08 Å². The van der Waals surface area contributed by atoms with Crippen LogP contribution in [0, 0.1) is 0 Å². The van der Waals surface area contributed by atoms with Crippen LogP contribution >= 0.6 is 0 Å². The number of carboxylic acid groups (broad SMARTS) is 1. The van der Waals surface area contributed by atoms with Gasteiger partial charge in [0.25, 0.3) is 0 Å². The molecule has 5 nitrogen and oxygen atoms in total. The van der Waals surface area contributed by atoms with E-state index >= 15 is 0 Å². The molecule has 1 N–H and O–H groups in total. The monoisotopic (exact) mass is 286 g/mol. The molecule has 0 bridgehead atoms. The normalized spacial score (nSPS) is 11.2. The smallest absolute Gasteiger partial charge is 0.328 e. The first-order chi connectivity index (χ1) is 10.1. The second-order valence-electron chi connectivity index (χ2n) is 4.89. The molecular formula is C16H18N2O3. The molecule has 1 aromatic carbocycles. The molecule has 1 heterocycles. The van der Waals surface area contributed by atoms with E-state index in [9.17, 15) is 4.79 Å². The van der Waals surface area contributed by atoms with Gasteiger partial charge in [-0.15, -0.1) is 0 Å². The average Bonchev–Trinajstić information content (AvgIpc) is 2.87. The summed E-state index contributed by atoms with van der Waals surface area (Å²) in [5.74, 6) is -0.375. The van der Waals surface area contributed by atoms with Crippen molar-refractivity contribution in [1.29, 1.82) is 0 Å². The third-order valence-corrected chi connectivity index (χ3v) is 2.84. The van der Waals surface area contributed by atoms with Crippen molar-refractivity contribution in [2.24, 2.45) is 0 Å². The summed E-state index contributed by atoms with van der Waals surface area (Å²) in [7, 11) is 0. The lowest BCUT2D eigenvalue weighted by Crippen LogP contribution is -2.07. The number of rotatable bonds is 6. The molecule has 0 amide bonds. The summed E-state index contributed by atoms with van der Waals surface area (Å²) in [5.41, 5.74) is 1.63. The highest BCUT2D eigenvalue weighted by atomic mass is 16.5. The average molecular weight is 286 g/mol. The number of ether oxygens (including phenoxy) is 1. The second kappa shape index (κ2) is 6.74. The van der Waals surface area contributed by atoms with Crippen LogP contribution in [0.5, 0.6) is 5.88 Å². The Hall–Kier alpha value is -2.56. The van der Waals surface area contributed by atoms with Crippen LogP contribution in [0.1, 0.15) is 31.1 Å². The number of benzene rings is 1. The molecule has 2 rings (SSSR count). The lowest BCUT2D eigenvalue weighted by atomic mass is 10.2. The van der Waals surface area contributed by atoms with Crippen LogP contribution in [0.15, 0.2) is 42.5 Å².